The van der Waals surface area contributed by atoms with Crippen molar-refractivity contribution in [3.8, 4) is 11.5 Å². The molecule has 0 aromatic heterocycles. The number of halogens is 1. The summed E-state index contributed by atoms with van der Waals surface area (Å²) < 4.78 is 45.4. The molecule has 12 heteroatoms. The van der Waals surface area contributed by atoms with Crippen LogP contribution in [-0.4, -0.2) is 63.4 Å². The maximum absolute atomic E-state index is 14.5. The first-order valence-corrected chi connectivity index (χ1v) is 14.4. The van der Waals surface area contributed by atoms with Crippen molar-refractivity contribution in [3.05, 3.63) is 52.5 Å². The number of anilines is 1. The van der Waals surface area contributed by atoms with Crippen molar-refractivity contribution in [1.29, 1.82) is 0 Å². The van der Waals surface area contributed by atoms with E-state index < -0.39 is 50.3 Å². The number of carbonyl (C=O) groups excluding carboxylic acids is 2. The number of ether oxygens (including phenoxy) is 3. The zero-order valence-electron chi connectivity index (χ0n) is 22.7. The molecule has 2 aromatic rings. The molecule has 2 atom stereocenters. The van der Waals surface area contributed by atoms with E-state index in [0.29, 0.717) is 27.6 Å². The lowest BCUT2D eigenvalue weighted by atomic mass is 9.92. The highest BCUT2D eigenvalue weighted by atomic mass is 35.5. The van der Waals surface area contributed by atoms with E-state index in [9.17, 15) is 23.1 Å². The number of para-hydroxylation sites is 1. The van der Waals surface area contributed by atoms with Gasteiger partial charge in [-0.3, -0.25) is 9.59 Å². The average molecular weight is 583 g/mol. The lowest BCUT2D eigenvalue weighted by Gasteiger charge is -2.37. The van der Waals surface area contributed by atoms with E-state index >= 15 is 0 Å². The maximum Gasteiger partial charge on any atom is 0.275 e. The smallest absolute Gasteiger partial charge is 0.275 e. The number of amides is 2. The van der Waals surface area contributed by atoms with Gasteiger partial charge in [0.1, 0.15) is 6.10 Å². The van der Waals surface area contributed by atoms with Crippen LogP contribution in [0.25, 0.3) is 0 Å². The summed E-state index contributed by atoms with van der Waals surface area (Å²) in [5.41, 5.74) is 5.72. The van der Waals surface area contributed by atoms with Crippen molar-refractivity contribution in [1.82, 2.24) is 0 Å². The van der Waals surface area contributed by atoms with Gasteiger partial charge in [-0.2, -0.15) is 0 Å². The van der Waals surface area contributed by atoms with Gasteiger partial charge < -0.3 is 30.0 Å². The Kier molecular flexibility index (Phi) is 9.21. The molecule has 39 heavy (non-hydrogen) atoms. The minimum absolute atomic E-state index is 0.0928. The predicted octanol–water partition coefficient (Wildman–Crippen LogP) is 3.22. The van der Waals surface area contributed by atoms with Crippen LogP contribution in [0.5, 0.6) is 11.5 Å². The highest BCUT2D eigenvalue weighted by Crippen LogP contribution is 2.49. The number of rotatable bonds is 11. The molecular weight excluding hydrogens is 548 g/mol. The summed E-state index contributed by atoms with van der Waals surface area (Å²) in [6.45, 7) is 4.68. The van der Waals surface area contributed by atoms with Gasteiger partial charge in [0, 0.05) is 34.7 Å². The fourth-order valence-corrected chi connectivity index (χ4v) is 6.71. The number of benzene rings is 2. The minimum Gasteiger partial charge on any atom is -0.493 e. The van der Waals surface area contributed by atoms with E-state index in [4.69, 9.17) is 31.5 Å². The van der Waals surface area contributed by atoms with E-state index in [2.05, 4.69) is 0 Å². The minimum atomic E-state index is -4.44. The maximum atomic E-state index is 14.5. The molecule has 1 aliphatic heterocycles. The Morgan fingerprint density at radius 2 is 1.90 bits per heavy atom. The Balaban J connectivity index is 2.49. The number of primary amides is 1. The molecule has 3 rings (SSSR count). The number of fused-ring (bicyclic) bond motifs is 1. The van der Waals surface area contributed by atoms with Crippen LogP contribution in [-0.2, 0) is 24.2 Å². The Labute approximate surface area is 233 Å². The van der Waals surface area contributed by atoms with Crippen molar-refractivity contribution in [2.75, 3.05) is 38.0 Å². The molecular formula is C27H35ClN2O8S. The molecule has 0 aliphatic carbocycles. The normalized spacial score (nSPS) is 19.8. The number of nitrogens with zero attached hydrogens (tertiary/aromatic N) is 1. The first-order valence-electron chi connectivity index (χ1n) is 12.4. The fourth-order valence-electron chi connectivity index (χ4n) is 4.68. The van der Waals surface area contributed by atoms with Gasteiger partial charge in [-0.05, 0) is 30.7 Å². The monoisotopic (exact) mass is 582 g/mol. The van der Waals surface area contributed by atoms with E-state index in [1.807, 2.05) is 0 Å². The van der Waals surface area contributed by atoms with Crippen molar-refractivity contribution in [3.63, 3.8) is 0 Å². The van der Waals surface area contributed by atoms with Gasteiger partial charge >= 0.3 is 0 Å². The summed E-state index contributed by atoms with van der Waals surface area (Å²) >= 11 is 6.41. The van der Waals surface area contributed by atoms with Crippen LogP contribution in [0.4, 0.5) is 5.69 Å². The standard InChI is InChI=1S/C27H35ClN2O8S/c1-6-12-39(34,35)27(14-22(29)32)25(33)30(15-26(2,3)16-31)20-11-10-17(28)13-19(20)23(38-27)18-8-7-9-21(36-4)24(18)37-5/h7-11,13,23,31H,6,12,14-16H2,1-5H3,(H2,29,32)/t23-,27-/m1/s1. The number of aliphatic hydroxyl groups excluding tert-OH is 1. The van der Waals surface area contributed by atoms with Gasteiger partial charge in [-0.1, -0.05) is 44.5 Å². The van der Waals surface area contributed by atoms with Crippen LogP contribution in [0.2, 0.25) is 5.02 Å². The molecule has 2 amide bonds. The zero-order chi connectivity index (χ0) is 29.2. The number of hydrogen-bond acceptors (Lipinski definition) is 8. The second-order valence-corrected chi connectivity index (χ2v) is 12.9. The number of methoxy groups -OCH3 is 2. The molecule has 1 aliphatic rings. The molecule has 0 fully saturated rings. The third-order valence-corrected chi connectivity index (χ3v) is 9.16. The zero-order valence-corrected chi connectivity index (χ0v) is 24.3. The number of nitrogens with two attached hydrogens (primary N) is 1. The molecule has 2 aromatic carbocycles. The first-order chi connectivity index (χ1) is 18.3. The Morgan fingerprint density at radius 3 is 2.46 bits per heavy atom. The molecule has 0 saturated heterocycles. The van der Waals surface area contributed by atoms with Gasteiger partial charge in [0.15, 0.2) is 21.3 Å². The Morgan fingerprint density at radius 1 is 1.21 bits per heavy atom. The number of aliphatic hydroxyl groups is 1. The topological polar surface area (TPSA) is 145 Å². The van der Waals surface area contributed by atoms with Crippen molar-refractivity contribution in [2.45, 2.75) is 44.6 Å². The molecule has 10 nitrogen and oxygen atoms in total. The highest BCUT2D eigenvalue weighted by molar-refractivity contribution is 7.93. The van der Waals surface area contributed by atoms with Crippen molar-refractivity contribution < 1.29 is 37.3 Å². The summed E-state index contributed by atoms with van der Waals surface area (Å²) in [7, 11) is -1.57. The molecule has 214 valence electrons. The Hall–Kier alpha value is -2.86. The van der Waals surface area contributed by atoms with E-state index in [1.54, 1.807) is 57.2 Å². The highest BCUT2D eigenvalue weighted by Gasteiger charge is 2.58. The summed E-state index contributed by atoms with van der Waals surface area (Å²) in [6, 6.07) is 9.69. The lowest BCUT2D eigenvalue weighted by Crippen LogP contribution is -2.59. The molecule has 0 spiro atoms. The van der Waals surface area contributed by atoms with E-state index in [1.165, 1.54) is 19.1 Å². The van der Waals surface area contributed by atoms with Gasteiger partial charge in [-0.15, -0.1) is 0 Å². The van der Waals surface area contributed by atoms with Crippen LogP contribution in [0.3, 0.4) is 0 Å². The number of hydrogen-bond donors (Lipinski definition) is 2. The molecule has 0 unspecified atom stereocenters. The van der Waals surface area contributed by atoms with Crippen molar-refractivity contribution in [2.24, 2.45) is 11.1 Å². The molecule has 0 saturated carbocycles. The third kappa shape index (κ3) is 5.86. The predicted molar refractivity (Wildman–Crippen MR) is 148 cm³/mol. The van der Waals surface area contributed by atoms with Gasteiger partial charge in [-0.25, -0.2) is 8.42 Å². The molecule has 1 heterocycles. The SMILES string of the molecule is CCCS(=O)(=O)[C@@]1(CC(N)=O)O[C@H](c2cccc(OC)c2OC)c2cc(Cl)ccc2N(CC(C)(C)CO)C1=O. The van der Waals surface area contributed by atoms with Gasteiger partial charge in [0.25, 0.3) is 10.8 Å². The van der Waals surface area contributed by atoms with Crippen LogP contribution in [0, 0.1) is 5.41 Å². The van der Waals surface area contributed by atoms with Gasteiger partial charge in [0.2, 0.25) is 5.91 Å². The molecule has 0 bridgehead atoms. The quantitative estimate of drug-likeness (QED) is 0.411. The summed E-state index contributed by atoms with van der Waals surface area (Å²) in [5, 5.41) is 10.3. The van der Waals surface area contributed by atoms with Crippen LogP contribution >= 0.6 is 11.6 Å². The first kappa shape index (κ1) is 30.7. The summed E-state index contributed by atoms with van der Waals surface area (Å²) in [4.78, 5) is 25.5. The van der Waals surface area contributed by atoms with Crippen molar-refractivity contribution >= 4 is 38.9 Å². The number of carbonyl (C=O) groups is 2. The lowest BCUT2D eigenvalue weighted by molar-refractivity contribution is -0.142. The largest absolute Gasteiger partial charge is 0.493 e. The second-order valence-electron chi connectivity index (χ2n) is 10.2. The molecule has 3 N–H and O–H groups in total. The Bertz CT molecular complexity index is 1350. The second kappa shape index (κ2) is 11.7. The van der Waals surface area contributed by atoms with Crippen LogP contribution in [0.15, 0.2) is 36.4 Å². The summed E-state index contributed by atoms with van der Waals surface area (Å²) in [5.74, 6) is -1.88. The average Bonchev–Trinajstić information content (AvgIpc) is 2.97. The van der Waals surface area contributed by atoms with E-state index in [0.717, 1.165) is 0 Å². The van der Waals surface area contributed by atoms with Gasteiger partial charge in [0.05, 0.1) is 32.1 Å². The van der Waals surface area contributed by atoms with E-state index in [-0.39, 0.29) is 25.3 Å². The van der Waals surface area contributed by atoms with Crippen LogP contribution < -0.4 is 20.1 Å². The third-order valence-electron chi connectivity index (χ3n) is 6.55. The number of sulfone groups is 1. The fraction of sp³-hybridized carbons (Fsp3) is 0.481. The molecule has 0 radical (unpaired) electrons. The van der Waals surface area contributed by atoms with Crippen LogP contribution in [0.1, 0.15) is 50.8 Å². The summed E-state index contributed by atoms with van der Waals surface area (Å²) in [6.07, 6.45) is -2.01.